The van der Waals surface area contributed by atoms with E-state index in [1.165, 1.54) is 32.1 Å². The summed E-state index contributed by atoms with van der Waals surface area (Å²) in [5.41, 5.74) is 1.31. The zero-order valence-corrected chi connectivity index (χ0v) is 21.9. The van der Waals surface area contributed by atoms with Gasteiger partial charge in [-0.05, 0) is 56.0 Å². The first-order chi connectivity index (χ1) is 16.8. The summed E-state index contributed by atoms with van der Waals surface area (Å²) < 4.78 is 0. The van der Waals surface area contributed by atoms with Gasteiger partial charge in [0.05, 0.1) is 0 Å². The van der Waals surface area contributed by atoms with E-state index in [0.717, 1.165) is 0 Å². The van der Waals surface area contributed by atoms with Crippen molar-refractivity contribution in [3.05, 3.63) is 151 Å². The van der Waals surface area contributed by atoms with E-state index < -0.39 is 22.5 Å². The summed E-state index contributed by atoms with van der Waals surface area (Å²) in [6.07, 6.45) is 0. The molecular formula is C31H27P3. The smallest absolute Gasteiger partial charge is 0.00670 e. The van der Waals surface area contributed by atoms with Crippen LogP contribution in [0.1, 0.15) is 5.56 Å². The third-order valence-electron chi connectivity index (χ3n) is 5.65. The van der Waals surface area contributed by atoms with E-state index in [2.05, 4.69) is 153 Å². The lowest BCUT2D eigenvalue weighted by Crippen LogP contribution is -2.19. The van der Waals surface area contributed by atoms with Crippen LogP contribution in [0.2, 0.25) is 0 Å². The molecule has 0 heterocycles. The molecule has 0 amide bonds. The van der Waals surface area contributed by atoms with Crippen molar-refractivity contribution in [2.75, 3.05) is 0 Å². The largest absolute Gasteiger partial charge is 0.0622 e. The van der Waals surface area contributed by atoms with Crippen LogP contribution in [0.3, 0.4) is 0 Å². The summed E-state index contributed by atoms with van der Waals surface area (Å²) >= 11 is 0. The van der Waals surface area contributed by atoms with Gasteiger partial charge in [-0.1, -0.05) is 151 Å². The van der Waals surface area contributed by atoms with Crippen molar-refractivity contribution in [1.82, 2.24) is 0 Å². The van der Waals surface area contributed by atoms with Gasteiger partial charge in [0.25, 0.3) is 0 Å². The van der Waals surface area contributed by atoms with Crippen molar-refractivity contribution in [2.45, 2.75) is 6.92 Å². The van der Waals surface area contributed by atoms with Crippen LogP contribution < -0.4 is 26.5 Å². The Hall–Kier alpha value is -2.61. The minimum absolute atomic E-state index is 0.571. The molecule has 0 aromatic heterocycles. The molecule has 5 rings (SSSR count). The van der Waals surface area contributed by atoms with Gasteiger partial charge >= 0.3 is 0 Å². The Bertz CT molecular complexity index is 1130. The molecule has 0 radical (unpaired) electrons. The number of rotatable bonds is 7. The first-order valence-corrected chi connectivity index (χ1v) is 16.9. The molecule has 0 spiro atoms. The third-order valence-corrected chi connectivity index (χ3v) is 20.0. The normalized spacial score (nSPS) is 11.3. The molecule has 34 heavy (non-hydrogen) atoms. The van der Waals surface area contributed by atoms with Crippen LogP contribution in [-0.2, 0) is 0 Å². The maximum Gasteiger partial charge on any atom is -0.00670 e. The molecule has 0 atom stereocenters. The monoisotopic (exact) mass is 492 g/mol. The predicted octanol–water partition coefficient (Wildman–Crippen LogP) is 7.20. The highest BCUT2D eigenvalue weighted by atomic mass is 32.5. The van der Waals surface area contributed by atoms with Crippen LogP contribution in [0, 0.1) is 6.92 Å². The SMILES string of the molecule is Cc1ccc(P(P(c2ccccc2)c2ccccc2)P(c2ccccc2)c2ccccc2)cc1. The van der Waals surface area contributed by atoms with Crippen molar-refractivity contribution in [3.63, 3.8) is 0 Å². The molecule has 0 unspecified atom stereocenters. The second kappa shape index (κ2) is 11.2. The van der Waals surface area contributed by atoms with E-state index in [1.54, 1.807) is 0 Å². The van der Waals surface area contributed by atoms with E-state index in [-0.39, 0.29) is 0 Å². The number of aryl methyl sites for hydroxylation is 1. The highest BCUT2D eigenvalue weighted by Crippen LogP contribution is 2.83. The molecule has 5 aromatic carbocycles. The third kappa shape index (κ3) is 5.22. The molecule has 0 aliphatic carbocycles. The Kier molecular flexibility index (Phi) is 7.63. The van der Waals surface area contributed by atoms with Crippen molar-refractivity contribution in [2.24, 2.45) is 0 Å². The minimum Gasteiger partial charge on any atom is -0.0622 e. The van der Waals surface area contributed by atoms with Gasteiger partial charge in [-0.25, -0.2) is 0 Å². The maximum atomic E-state index is 2.39. The highest BCUT2D eigenvalue weighted by Gasteiger charge is 2.34. The Morgan fingerprint density at radius 2 is 0.618 bits per heavy atom. The second-order valence-electron chi connectivity index (χ2n) is 8.09. The molecule has 0 fully saturated rings. The molecular weight excluding hydrogens is 465 g/mol. The standard InChI is InChI=1S/C31H27P3/c1-26-22-24-31(25-23-26)34(32(27-14-6-2-7-15-27)28-16-8-3-9-17-28)33(29-18-10-4-11-19-29)30-20-12-5-13-21-30/h2-25H,1H3. The molecule has 0 nitrogen and oxygen atoms in total. The maximum absolute atomic E-state index is 2.39. The summed E-state index contributed by atoms with van der Waals surface area (Å²) in [7, 11) is -1.76. The summed E-state index contributed by atoms with van der Waals surface area (Å²) in [6, 6.07) is 54.2. The molecule has 0 saturated heterocycles. The molecule has 3 heteroatoms. The summed E-state index contributed by atoms with van der Waals surface area (Å²) in [6.45, 7) is 2.18. The van der Waals surface area contributed by atoms with Crippen LogP contribution in [0.25, 0.3) is 0 Å². The average Bonchev–Trinajstić information content (AvgIpc) is 2.91. The Morgan fingerprint density at radius 1 is 0.324 bits per heavy atom. The Labute approximate surface area is 206 Å². The zero-order chi connectivity index (χ0) is 23.2. The number of hydrogen-bond donors (Lipinski definition) is 0. The van der Waals surface area contributed by atoms with Crippen LogP contribution in [0.5, 0.6) is 0 Å². The second-order valence-corrected chi connectivity index (χ2v) is 18.2. The van der Waals surface area contributed by atoms with E-state index in [9.17, 15) is 0 Å². The average molecular weight is 492 g/mol. The Balaban J connectivity index is 1.79. The number of hydrogen-bond acceptors (Lipinski definition) is 0. The molecule has 166 valence electrons. The highest BCUT2D eigenvalue weighted by molar-refractivity contribution is 8.68. The molecule has 0 saturated carbocycles. The van der Waals surface area contributed by atoms with E-state index in [0.29, 0.717) is 0 Å². The van der Waals surface area contributed by atoms with Crippen LogP contribution >= 0.6 is 22.5 Å². The first-order valence-electron chi connectivity index (χ1n) is 11.5. The summed E-state index contributed by atoms with van der Waals surface area (Å²) in [4.78, 5) is 0. The lowest BCUT2D eigenvalue weighted by Gasteiger charge is -2.36. The number of benzene rings is 5. The first kappa shape index (κ1) is 23.1. The van der Waals surface area contributed by atoms with Crippen LogP contribution in [-0.4, -0.2) is 0 Å². The molecule has 0 bridgehead atoms. The summed E-state index contributed by atoms with van der Waals surface area (Å²) in [5.74, 6) is 0. The van der Waals surface area contributed by atoms with Gasteiger partial charge in [0.15, 0.2) is 0 Å². The van der Waals surface area contributed by atoms with Crippen LogP contribution in [0.15, 0.2) is 146 Å². The fourth-order valence-corrected chi connectivity index (χ4v) is 20.6. The van der Waals surface area contributed by atoms with Crippen molar-refractivity contribution >= 4 is 49.0 Å². The fraction of sp³-hybridized carbons (Fsp3) is 0.0323. The summed E-state index contributed by atoms with van der Waals surface area (Å²) in [5, 5.41) is 7.30. The van der Waals surface area contributed by atoms with Gasteiger partial charge < -0.3 is 0 Å². The Morgan fingerprint density at radius 3 is 0.912 bits per heavy atom. The topological polar surface area (TPSA) is 0 Å². The molecule has 0 aliphatic rings. The predicted molar refractivity (Wildman–Crippen MR) is 156 cm³/mol. The lowest BCUT2D eigenvalue weighted by molar-refractivity contribution is 1.49. The molecule has 0 aliphatic heterocycles. The van der Waals surface area contributed by atoms with E-state index >= 15 is 0 Å². The fourth-order valence-electron chi connectivity index (χ4n) is 4.01. The van der Waals surface area contributed by atoms with E-state index in [1.807, 2.05) is 0 Å². The lowest BCUT2D eigenvalue weighted by atomic mass is 10.2. The molecule has 5 aromatic rings. The quantitative estimate of drug-likeness (QED) is 0.211. The minimum atomic E-state index is -0.593. The van der Waals surface area contributed by atoms with Crippen molar-refractivity contribution in [3.8, 4) is 0 Å². The van der Waals surface area contributed by atoms with Gasteiger partial charge in [0, 0.05) is 0 Å². The van der Waals surface area contributed by atoms with Crippen molar-refractivity contribution in [1.29, 1.82) is 0 Å². The van der Waals surface area contributed by atoms with Gasteiger partial charge in [0.1, 0.15) is 0 Å². The molecule has 0 N–H and O–H groups in total. The van der Waals surface area contributed by atoms with Crippen LogP contribution in [0.4, 0.5) is 0 Å². The van der Waals surface area contributed by atoms with Gasteiger partial charge in [-0.2, -0.15) is 0 Å². The van der Waals surface area contributed by atoms with Gasteiger partial charge in [0.2, 0.25) is 0 Å². The zero-order valence-electron chi connectivity index (χ0n) is 19.2. The van der Waals surface area contributed by atoms with Gasteiger partial charge in [-0.3, -0.25) is 0 Å². The van der Waals surface area contributed by atoms with Crippen molar-refractivity contribution < 1.29 is 0 Å². The van der Waals surface area contributed by atoms with E-state index in [4.69, 9.17) is 0 Å². The van der Waals surface area contributed by atoms with Gasteiger partial charge in [-0.15, -0.1) is 0 Å².